The molecule has 2 atom stereocenters. The van der Waals surface area contributed by atoms with Gasteiger partial charge >= 0.3 is 0 Å². The van der Waals surface area contributed by atoms with Crippen molar-refractivity contribution in [2.24, 2.45) is 0 Å². The largest absolute Gasteiger partial charge is 0.345 e. The van der Waals surface area contributed by atoms with Crippen molar-refractivity contribution in [1.29, 1.82) is 0 Å². The zero-order chi connectivity index (χ0) is 18.7. The van der Waals surface area contributed by atoms with E-state index in [0.717, 1.165) is 9.87 Å². The molecule has 1 aliphatic rings. The first-order chi connectivity index (χ1) is 12.4. The van der Waals surface area contributed by atoms with Crippen LogP contribution in [0.4, 0.5) is 0 Å². The van der Waals surface area contributed by atoms with Gasteiger partial charge in [-0.15, -0.1) is 0 Å². The van der Waals surface area contributed by atoms with Gasteiger partial charge in [-0.25, -0.2) is 8.42 Å². The molecule has 0 bridgehead atoms. The molecule has 0 aromatic heterocycles. The lowest BCUT2D eigenvalue weighted by molar-refractivity contribution is -0.127. The Labute approximate surface area is 152 Å². The molecule has 1 unspecified atom stereocenters. The number of benzene rings is 2. The van der Waals surface area contributed by atoms with Crippen molar-refractivity contribution in [3.63, 3.8) is 0 Å². The standard InChI is InChI=1S/C19H20N2O4S/c1-21-17(12-15-9-5-6-10-18(15)26(21,24)25)19(23)20-16(13-22)11-14-7-3-2-4-8-14/h2-10,13,16-17H,11-12H2,1H3,(H,20,23)/t16-,17?/m0/s1. The highest BCUT2D eigenvalue weighted by Gasteiger charge is 2.39. The molecule has 136 valence electrons. The summed E-state index contributed by atoms with van der Waals surface area (Å²) in [5, 5.41) is 2.67. The number of fused-ring (bicyclic) bond motifs is 1. The van der Waals surface area contributed by atoms with Crippen LogP contribution >= 0.6 is 0 Å². The van der Waals surface area contributed by atoms with Gasteiger partial charge in [0.05, 0.1) is 10.9 Å². The first kappa shape index (κ1) is 18.3. The fourth-order valence-electron chi connectivity index (χ4n) is 3.12. The summed E-state index contributed by atoms with van der Waals surface area (Å²) in [4.78, 5) is 24.3. The molecule has 26 heavy (non-hydrogen) atoms. The summed E-state index contributed by atoms with van der Waals surface area (Å²) in [7, 11) is -2.34. The third-order valence-electron chi connectivity index (χ3n) is 4.57. The second-order valence-corrected chi connectivity index (χ2v) is 8.26. The lowest BCUT2D eigenvalue weighted by Gasteiger charge is -2.32. The molecule has 1 amide bonds. The number of carbonyl (C=O) groups is 2. The number of likely N-dealkylation sites (N-methyl/N-ethyl adjacent to an activating group) is 1. The number of nitrogens with one attached hydrogen (secondary N) is 1. The lowest BCUT2D eigenvalue weighted by Crippen LogP contribution is -2.54. The number of amides is 1. The smallest absolute Gasteiger partial charge is 0.243 e. The third kappa shape index (κ3) is 3.54. The SMILES string of the molecule is CN1C(C(=O)N[C@H](C=O)Cc2ccccc2)Cc2ccccc2S1(=O)=O. The molecular weight excluding hydrogens is 352 g/mol. The summed E-state index contributed by atoms with van der Waals surface area (Å²) in [6.07, 6.45) is 1.31. The number of aldehydes is 1. The van der Waals surface area contributed by atoms with Crippen molar-refractivity contribution in [1.82, 2.24) is 9.62 Å². The summed E-state index contributed by atoms with van der Waals surface area (Å²) >= 11 is 0. The van der Waals surface area contributed by atoms with E-state index in [1.165, 1.54) is 7.05 Å². The Bertz CT molecular complexity index is 912. The minimum absolute atomic E-state index is 0.225. The Morgan fingerprint density at radius 3 is 2.54 bits per heavy atom. The Balaban J connectivity index is 1.78. The van der Waals surface area contributed by atoms with E-state index in [0.29, 0.717) is 18.3 Å². The average molecular weight is 372 g/mol. The van der Waals surface area contributed by atoms with Gasteiger partial charge in [-0.1, -0.05) is 48.5 Å². The van der Waals surface area contributed by atoms with E-state index in [9.17, 15) is 18.0 Å². The molecule has 0 saturated heterocycles. The van der Waals surface area contributed by atoms with Crippen molar-refractivity contribution >= 4 is 22.2 Å². The molecule has 0 aliphatic carbocycles. The first-order valence-corrected chi connectivity index (χ1v) is 9.73. The van der Waals surface area contributed by atoms with Crippen LogP contribution in [0.15, 0.2) is 59.5 Å². The van der Waals surface area contributed by atoms with E-state index in [1.54, 1.807) is 24.3 Å². The molecular formula is C19H20N2O4S. The number of nitrogens with zero attached hydrogens (tertiary/aromatic N) is 1. The fraction of sp³-hybridized carbons (Fsp3) is 0.263. The van der Waals surface area contributed by atoms with Crippen LogP contribution in [-0.4, -0.2) is 44.0 Å². The molecule has 3 rings (SSSR count). The van der Waals surface area contributed by atoms with Crippen LogP contribution in [0.1, 0.15) is 11.1 Å². The second kappa shape index (κ2) is 7.39. The Kier molecular flexibility index (Phi) is 5.20. The first-order valence-electron chi connectivity index (χ1n) is 8.29. The molecule has 0 spiro atoms. The molecule has 2 aromatic rings. The molecule has 1 heterocycles. The summed E-state index contributed by atoms with van der Waals surface area (Å²) in [6.45, 7) is 0. The maximum Gasteiger partial charge on any atom is 0.243 e. The monoisotopic (exact) mass is 372 g/mol. The van der Waals surface area contributed by atoms with Gasteiger partial charge in [-0.2, -0.15) is 4.31 Å². The normalized spacial score (nSPS) is 20.0. The van der Waals surface area contributed by atoms with E-state index in [2.05, 4.69) is 5.32 Å². The maximum atomic E-state index is 12.7. The summed E-state index contributed by atoms with van der Waals surface area (Å²) in [6, 6.07) is 14.4. The molecule has 0 fully saturated rings. The highest BCUT2D eigenvalue weighted by atomic mass is 32.2. The quantitative estimate of drug-likeness (QED) is 0.799. The molecule has 7 heteroatoms. The molecule has 1 N–H and O–H groups in total. The lowest BCUT2D eigenvalue weighted by atomic mass is 10.0. The molecule has 1 aliphatic heterocycles. The van der Waals surface area contributed by atoms with E-state index < -0.39 is 28.0 Å². The van der Waals surface area contributed by atoms with Crippen molar-refractivity contribution in [3.8, 4) is 0 Å². The van der Waals surface area contributed by atoms with Crippen molar-refractivity contribution in [3.05, 3.63) is 65.7 Å². The minimum Gasteiger partial charge on any atom is -0.345 e. The zero-order valence-corrected chi connectivity index (χ0v) is 15.1. The van der Waals surface area contributed by atoms with Gasteiger partial charge < -0.3 is 10.1 Å². The molecule has 6 nitrogen and oxygen atoms in total. The average Bonchev–Trinajstić information content (AvgIpc) is 2.65. The van der Waals surface area contributed by atoms with Crippen LogP contribution in [0, 0.1) is 0 Å². The van der Waals surface area contributed by atoms with Gasteiger partial charge in [0.2, 0.25) is 15.9 Å². The third-order valence-corrected chi connectivity index (χ3v) is 6.54. The highest BCUT2D eigenvalue weighted by Crippen LogP contribution is 2.28. The zero-order valence-electron chi connectivity index (χ0n) is 14.3. The van der Waals surface area contributed by atoms with Crippen LogP contribution in [0.25, 0.3) is 0 Å². The summed E-state index contributed by atoms with van der Waals surface area (Å²) in [5.41, 5.74) is 1.52. The maximum absolute atomic E-state index is 12.7. The van der Waals surface area contributed by atoms with Crippen LogP contribution in [0.5, 0.6) is 0 Å². The number of sulfonamides is 1. The van der Waals surface area contributed by atoms with Crippen LogP contribution < -0.4 is 5.32 Å². The van der Waals surface area contributed by atoms with Gasteiger partial charge in [0, 0.05) is 7.05 Å². The van der Waals surface area contributed by atoms with Crippen molar-refractivity contribution in [2.45, 2.75) is 29.8 Å². The molecule has 2 aromatic carbocycles. The van der Waals surface area contributed by atoms with Gasteiger partial charge in [0.1, 0.15) is 12.3 Å². The van der Waals surface area contributed by atoms with Gasteiger partial charge in [0.25, 0.3) is 0 Å². The summed E-state index contributed by atoms with van der Waals surface area (Å²) in [5.74, 6) is -0.474. The number of hydrogen-bond donors (Lipinski definition) is 1. The van der Waals surface area contributed by atoms with Crippen LogP contribution in [0.2, 0.25) is 0 Å². The minimum atomic E-state index is -3.73. The Morgan fingerprint density at radius 2 is 1.85 bits per heavy atom. The predicted octanol–water partition coefficient (Wildman–Crippen LogP) is 1.16. The van der Waals surface area contributed by atoms with E-state index in [1.807, 2.05) is 30.3 Å². The Morgan fingerprint density at radius 1 is 1.19 bits per heavy atom. The van der Waals surface area contributed by atoms with Crippen molar-refractivity contribution in [2.75, 3.05) is 7.05 Å². The molecule has 0 saturated carbocycles. The van der Waals surface area contributed by atoms with Crippen LogP contribution in [-0.2, 0) is 32.5 Å². The van der Waals surface area contributed by atoms with E-state index in [-0.39, 0.29) is 11.3 Å². The second-order valence-electron chi connectivity index (χ2n) is 6.29. The predicted molar refractivity (Wildman–Crippen MR) is 97.0 cm³/mol. The van der Waals surface area contributed by atoms with Crippen LogP contribution in [0.3, 0.4) is 0 Å². The number of rotatable bonds is 5. The van der Waals surface area contributed by atoms with Gasteiger partial charge in [0.15, 0.2) is 0 Å². The van der Waals surface area contributed by atoms with Gasteiger partial charge in [-0.3, -0.25) is 4.79 Å². The summed E-state index contributed by atoms with van der Waals surface area (Å²) < 4.78 is 26.4. The topological polar surface area (TPSA) is 83.6 Å². The van der Waals surface area contributed by atoms with E-state index in [4.69, 9.17) is 0 Å². The fourth-order valence-corrected chi connectivity index (χ4v) is 4.67. The van der Waals surface area contributed by atoms with E-state index >= 15 is 0 Å². The highest BCUT2D eigenvalue weighted by molar-refractivity contribution is 7.89. The van der Waals surface area contributed by atoms with Gasteiger partial charge in [-0.05, 0) is 30.0 Å². The van der Waals surface area contributed by atoms with Crippen molar-refractivity contribution < 1.29 is 18.0 Å². The number of carbonyl (C=O) groups excluding carboxylic acids is 2. The number of hydrogen-bond acceptors (Lipinski definition) is 4. The Hall–Kier alpha value is -2.51. The molecule has 0 radical (unpaired) electrons.